The Morgan fingerprint density at radius 3 is 2.89 bits per heavy atom. The van der Waals surface area contributed by atoms with Crippen molar-refractivity contribution >= 4 is 34.2 Å². The highest BCUT2D eigenvalue weighted by molar-refractivity contribution is 6.32. The quantitative estimate of drug-likeness (QED) is 0.360. The Kier molecular flexibility index (Phi) is 3.55. The number of methoxy groups -OCH3 is 1. The van der Waals surface area contributed by atoms with Gasteiger partial charge in [0.05, 0.1) is 23.9 Å². The van der Waals surface area contributed by atoms with E-state index in [-0.39, 0.29) is 11.3 Å². The van der Waals surface area contributed by atoms with E-state index >= 15 is 0 Å². The number of carbonyl (C=O) groups excluding carboxylic acids is 1. The van der Waals surface area contributed by atoms with Crippen molar-refractivity contribution in [1.29, 1.82) is 0 Å². The molecule has 0 amide bonds. The Morgan fingerprint density at radius 2 is 2.26 bits per heavy atom. The number of pyridine rings is 1. The van der Waals surface area contributed by atoms with Gasteiger partial charge in [-0.2, -0.15) is 0 Å². The molecule has 0 aliphatic rings. The number of nitrogens with zero attached hydrogens (tertiary/aromatic N) is 4. The van der Waals surface area contributed by atoms with Crippen molar-refractivity contribution in [2.45, 2.75) is 6.92 Å². The van der Waals surface area contributed by atoms with Gasteiger partial charge < -0.3 is 4.74 Å². The SMILES string of the molecule is COC(=O)c1cnc2c(C)c(Cl)ccc2c1N=[N+]=[N-]. The molecule has 2 aromatic rings. The molecule has 0 aliphatic heterocycles. The first-order chi connectivity index (χ1) is 9.10. The second kappa shape index (κ2) is 5.14. The smallest absolute Gasteiger partial charge is 0.339 e. The molecule has 2 rings (SSSR count). The van der Waals surface area contributed by atoms with Gasteiger partial charge in [-0.1, -0.05) is 22.8 Å². The van der Waals surface area contributed by atoms with E-state index in [1.807, 2.05) is 0 Å². The molecule has 6 nitrogen and oxygen atoms in total. The van der Waals surface area contributed by atoms with Gasteiger partial charge in [0.25, 0.3) is 0 Å². The molecule has 0 saturated carbocycles. The number of carbonyl (C=O) groups is 1. The zero-order valence-corrected chi connectivity index (χ0v) is 11.0. The van der Waals surface area contributed by atoms with Gasteiger partial charge in [0, 0.05) is 21.5 Å². The van der Waals surface area contributed by atoms with E-state index in [4.69, 9.17) is 17.1 Å². The van der Waals surface area contributed by atoms with Crippen molar-refractivity contribution in [2.24, 2.45) is 5.11 Å². The number of hydrogen-bond donors (Lipinski definition) is 0. The van der Waals surface area contributed by atoms with Crippen molar-refractivity contribution in [3.05, 3.63) is 44.9 Å². The number of hydrogen-bond acceptors (Lipinski definition) is 4. The molecule has 96 valence electrons. The Hall–Kier alpha value is -2.30. The van der Waals surface area contributed by atoms with Gasteiger partial charge >= 0.3 is 5.97 Å². The molecule has 0 aliphatic carbocycles. The monoisotopic (exact) mass is 276 g/mol. The molecular formula is C12H9ClN4O2. The van der Waals surface area contributed by atoms with Crippen LogP contribution in [0.25, 0.3) is 21.3 Å². The lowest BCUT2D eigenvalue weighted by molar-refractivity contribution is 0.0601. The van der Waals surface area contributed by atoms with E-state index in [2.05, 4.69) is 19.7 Å². The van der Waals surface area contributed by atoms with Crippen LogP contribution in [0.2, 0.25) is 5.02 Å². The second-order valence-electron chi connectivity index (χ2n) is 3.77. The van der Waals surface area contributed by atoms with E-state index in [9.17, 15) is 4.79 Å². The summed E-state index contributed by atoms with van der Waals surface area (Å²) in [6.07, 6.45) is 1.32. The van der Waals surface area contributed by atoms with Crippen LogP contribution < -0.4 is 0 Å². The zero-order valence-electron chi connectivity index (χ0n) is 10.2. The first-order valence-corrected chi connectivity index (χ1v) is 5.69. The third-order valence-corrected chi connectivity index (χ3v) is 3.16. The predicted molar refractivity (Wildman–Crippen MR) is 71.6 cm³/mol. The molecule has 0 bridgehead atoms. The van der Waals surface area contributed by atoms with Crippen LogP contribution in [0.1, 0.15) is 15.9 Å². The molecule has 0 N–H and O–H groups in total. The summed E-state index contributed by atoms with van der Waals surface area (Å²) in [6, 6.07) is 3.33. The first kappa shape index (κ1) is 13.1. The molecule has 7 heteroatoms. The summed E-state index contributed by atoms with van der Waals surface area (Å²) in [5.41, 5.74) is 10.3. The lowest BCUT2D eigenvalue weighted by atomic mass is 10.1. The third kappa shape index (κ3) is 2.19. The number of halogens is 1. The van der Waals surface area contributed by atoms with Gasteiger partial charge in [0.1, 0.15) is 0 Å². The summed E-state index contributed by atoms with van der Waals surface area (Å²) in [5.74, 6) is -0.607. The van der Waals surface area contributed by atoms with E-state index < -0.39 is 5.97 Å². The first-order valence-electron chi connectivity index (χ1n) is 5.31. The summed E-state index contributed by atoms with van der Waals surface area (Å²) in [7, 11) is 1.25. The van der Waals surface area contributed by atoms with Crippen LogP contribution in [0.4, 0.5) is 5.69 Å². The predicted octanol–water partition coefficient (Wildman–Crippen LogP) is 3.93. The van der Waals surface area contributed by atoms with Crippen LogP contribution in [-0.2, 0) is 4.74 Å². The average Bonchev–Trinajstić information content (AvgIpc) is 2.42. The molecule has 0 saturated heterocycles. The highest BCUT2D eigenvalue weighted by atomic mass is 35.5. The fraction of sp³-hybridized carbons (Fsp3) is 0.167. The van der Waals surface area contributed by atoms with E-state index in [1.54, 1.807) is 19.1 Å². The van der Waals surface area contributed by atoms with Gasteiger partial charge in [-0.25, -0.2) is 4.79 Å². The number of rotatable bonds is 2. The largest absolute Gasteiger partial charge is 0.465 e. The lowest BCUT2D eigenvalue weighted by Gasteiger charge is -2.09. The number of ether oxygens (including phenoxy) is 1. The highest BCUT2D eigenvalue weighted by Gasteiger charge is 2.16. The fourth-order valence-electron chi connectivity index (χ4n) is 1.78. The average molecular weight is 277 g/mol. The van der Waals surface area contributed by atoms with Crippen molar-refractivity contribution < 1.29 is 9.53 Å². The van der Waals surface area contributed by atoms with Gasteiger partial charge in [0.2, 0.25) is 0 Å². The lowest BCUT2D eigenvalue weighted by Crippen LogP contribution is -2.03. The summed E-state index contributed by atoms with van der Waals surface area (Å²) < 4.78 is 4.64. The Morgan fingerprint density at radius 1 is 1.53 bits per heavy atom. The molecule has 0 atom stereocenters. The van der Waals surface area contributed by atoms with Gasteiger partial charge in [-0.15, -0.1) is 0 Å². The van der Waals surface area contributed by atoms with Crippen molar-refractivity contribution in [1.82, 2.24) is 4.98 Å². The van der Waals surface area contributed by atoms with Crippen LogP contribution in [0.5, 0.6) is 0 Å². The Labute approximate surface area is 113 Å². The molecule has 0 radical (unpaired) electrons. The highest BCUT2D eigenvalue weighted by Crippen LogP contribution is 2.33. The maximum atomic E-state index is 11.6. The van der Waals surface area contributed by atoms with Crippen LogP contribution in [0.15, 0.2) is 23.4 Å². The number of fused-ring (bicyclic) bond motifs is 1. The summed E-state index contributed by atoms with van der Waals surface area (Å²) in [6.45, 7) is 1.80. The number of aryl methyl sites for hydroxylation is 1. The van der Waals surface area contributed by atoms with Crippen LogP contribution >= 0.6 is 11.6 Å². The van der Waals surface area contributed by atoms with Gasteiger partial charge in [-0.3, -0.25) is 4.98 Å². The zero-order chi connectivity index (χ0) is 14.0. The number of esters is 1. The minimum atomic E-state index is -0.607. The third-order valence-electron chi connectivity index (χ3n) is 2.75. The Bertz CT molecular complexity index is 723. The van der Waals surface area contributed by atoms with Crippen molar-refractivity contribution in [3.8, 4) is 0 Å². The summed E-state index contributed by atoms with van der Waals surface area (Å²) in [4.78, 5) is 18.6. The van der Waals surface area contributed by atoms with Gasteiger partial charge in [-0.05, 0) is 24.1 Å². The van der Waals surface area contributed by atoms with Crippen LogP contribution in [0.3, 0.4) is 0 Å². The topological polar surface area (TPSA) is 88.0 Å². The maximum absolute atomic E-state index is 11.6. The molecule has 0 fully saturated rings. The van der Waals surface area contributed by atoms with Gasteiger partial charge in [0.15, 0.2) is 0 Å². The standard InChI is InChI=1S/C12H9ClN4O2/c1-6-9(13)4-3-7-10(6)15-5-8(12(18)19-2)11(7)16-17-14/h3-5H,1-2H3. The second-order valence-corrected chi connectivity index (χ2v) is 4.18. The fourth-order valence-corrected chi connectivity index (χ4v) is 1.93. The van der Waals surface area contributed by atoms with E-state index in [0.717, 1.165) is 5.56 Å². The van der Waals surface area contributed by atoms with Crippen LogP contribution in [-0.4, -0.2) is 18.1 Å². The molecule has 0 spiro atoms. The minimum Gasteiger partial charge on any atom is -0.465 e. The number of benzene rings is 1. The van der Waals surface area contributed by atoms with Crippen molar-refractivity contribution in [3.63, 3.8) is 0 Å². The molecule has 1 aromatic heterocycles. The van der Waals surface area contributed by atoms with E-state index in [1.165, 1.54) is 13.3 Å². The minimum absolute atomic E-state index is 0.120. The molecule has 1 heterocycles. The van der Waals surface area contributed by atoms with E-state index in [0.29, 0.717) is 15.9 Å². The molecule has 0 unspecified atom stereocenters. The normalized spacial score (nSPS) is 10.1. The van der Waals surface area contributed by atoms with Crippen LogP contribution in [0, 0.1) is 6.92 Å². The molecule has 19 heavy (non-hydrogen) atoms. The number of aromatic nitrogens is 1. The molecular weight excluding hydrogens is 268 g/mol. The van der Waals surface area contributed by atoms with Crippen molar-refractivity contribution in [2.75, 3.05) is 7.11 Å². The summed E-state index contributed by atoms with van der Waals surface area (Å²) in [5, 5.41) is 4.68. The Balaban J connectivity index is 2.89. The maximum Gasteiger partial charge on any atom is 0.339 e. The number of azide groups is 1. The molecule has 1 aromatic carbocycles. The summed E-state index contributed by atoms with van der Waals surface area (Å²) >= 11 is 6.01.